The highest BCUT2D eigenvalue weighted by atomic mass is 32.2. The minimum absolute atomic E-state index is 0.0141. The highest BCUT2D eigenvalue weighted by Gasteiger charge is 2.49. The molecule has 0 aliphatic heterocycles. The first-order chi connectivity index (χ1) is 11.3. The molecule has 2 atom stereocenters. The van der Waals surface area contributed by atoms with Crippen molar-refractivity contribution in [2.45, 2.75) is 39.2 Å². The first-order valence-electron chi connectivity index (χ1n) is 8.16. The highest BCUT2D eigenvalue weighted by Crippen LogP contribution is 2.47. The number of thioether (sulfide) groups is 1. The van der Waals surface area contributed by atoms with Gasteiger partial charge in [0, 0.05) is 44.7 Å². The Hall–Kier alpha value is -1.12. The summed E-state index contributed by atoms with van der Waals surface area (Å²) in [5.74, 6) is 0.153. The number of methoxy groups -OCH3 is 1. The van der Waals surface area contributed by atoms with Gasteiger partial charge >= 0.3 is 0 Å². The summed E-state index contributed by atoms with van der Waals surface area (Å²) < 4.78 is 5.16. The largest absolute Gasteiger partial charge is 0.384 e. The Balaban J connectivity index is 2.27. The van der Waals surface area contributed by atoms with E-state index < -0.39 is 17.4 Å². The van der Waals surface area contributed by atoms with E-state index in [4.69, 9.17) is 4.74 Å². The van der Waals surface area contributed by atoms with Gasteiger partial charge in [0.05, 0.1) is 6.61 Å². The van der Waals surface area contributed by atoms with Crippen molar-refractivity contribution in [1.29, 1.82) is 0 Å². The van der Waals surface area contributed by atoms with Gasteiger partial charge in [-0.25, -0.2) is 0 Å². The number of aliphatic hydroxyl groups excluding tert-OH is 1. The van der Waals surface area contributed by atoms with Gasteiger partial charge in [0.1, 0.15) is 6.10 Å². The highest BCUT2D eigenvalue weighted by molar-refractivity contribution is 8.13. The van der Waals surface area contributed by atoms with E-state index in [-0.39, 0.29) is 24.0 Å². The van der Waals surface area contributed by atoms with Gasteiger partial charge < -0.3 is 20.5 Å². The summed E-state index contributed by atoms with van der Waals surface area (Å²) in [6, 6.07) is 0. The van der Waals surface area contributed by atoms with Crippen molar-refractivity contribution in [3.63, 3.8) is 0 Å². The number of rotatable bonds is 11. The fourth-order valence-corrected chi connectivity index (χ4v) is 3.13. The Morgan fingerprint density at radius 3 is 2.50 bits per heavy atom. The molecular weight excluding hydrogens is 332 g/mol. The summed E-state index contributed by atoms with van der Waals surface area (Å²) >= 11 is 1.15. The van der Waals surface area contributed by atoms with Crippen LogP contribution in [-0.2, 0) is 19.1 Å². The van der Waals surface area contributed by atoms with Crippen molar-refractivity contribution in [2.75, 3.05) is 32.6 Å². The number of hydrogen-bond donors (Lipinski definition) is 3. The molecule has 1 saturated carbocycles. The third-order valence-electron chi connectivity index (χ3n) is 4.22. The molecule has 0 aromatic heterocycles. The Bertz CT molecular complexity index is 456. The van der Waals surface area contributed by atoms with E-state index in [9.17, 15) is 19.5 Å². The lowest BCUT2D eigenvalue weighted by molar-refractivity contribution is -0.140. The maximum atomic E-state index is 12.1. The molecule has 0 heterocycles. The first kappa shape index (κ1) is 20.9. The SMILES string of the molecule is COCC(C)(C1CC1)C(O)C(=O)NCCC(=O)NCCSC(C)=O. The molecule has 1 aliphatic rings. The molecule has 24 heavy (non-hydrogen) atoms. The second-order valence-corrected chi connectivity index (χ2v) is 7.62. The topological polar surface area (TPSA) is 105 Å². The number of hydrogen-bond acceptors (Lipinski definition) is 6. The molecular formula is C16H28N2O5S. The number of carbonyl (C=O) groups excluding carboxylic acids is 3. The monoisotopic (exact) mass is 360 g/mol. The zero-order chi connectivity index (χ0) is 18.2. The molecule has 0 radical (unpaired) electrons. The van der Waals surface area contributed by atoms with Crippen molar-refractivity contribution in [1.82, 2.24) is 10.6 Å². The number of carbonyl (C=O) groups is 3. The fraction of sp³-hybridized carbons (Fsp3) is 0.812. The summed E-state index contributed by atoms with van der Waals surface area (Å²) in [5, 5.41) is 15.6. The van der Waals surface area contributed by atoms with Crippen LogP contribution in [0.4, 0.5) is 0 Å². The smallest absolute Gasteiger partial charge is 0.249 e. The van der Waals surface area contributed by atoms with Crippen LogP contribution in [-0.4, -0.2) is 60.7 Å². The van der Waals surface area contributed by atoms with Crippen LogP contribution in [0, 0.1) is 11.3 Å². The van der Waals surface area contributed by atoms with Crippen LogP contribution in [0.25, 0.3) is 0 Å². The molecule has 3 N–H and O–H groups in total. The third-order valence-corrected chi connectivity index (χ3v) is 5.03. The normalized spacial score (nSPS) is 17.7. The van der Waals surface area contributed by atoms with Crippen LogP contribution in [0.2, 0.25) is 0 Å². The van der Waals surface area contributed by atoms with Crippen molar-refractivity contribution in [2.24, 2.45) is 11.3 Å². The molecule has 1 aliphatic carbocycles. The average Bonchev–Trinajstić information content (AvgIpc) is 3.35. The van der Waals surface area contributed by atoms with Gasteiger partial charge in [0.15, 0.2) is 5.12 Å². The van der Waals surface area contributed by atoms with Crippen LogP contribution >= 0.6 is 11.8 Å². The molecule has 8 heteroatoms. The number of nitrogens with one attached hydrogen (secondary N) is 2. The van der Waals surface area contributed by atoms with E-state index in [0.717, 1.165) is 24.6 Å². The lowest BCUT2D eigenvalue weighted by Gasteiger charge is -2.33. The van der Waals surface area contributed by atoms with E-state index >= 15 is 0 Å². The maximum Gasteiger partial charge on any atom is 0.249 e. The average molecular weight is 360 g/mol. The molecule has 2 amide bonds. The van der Waals surface area contributed by atoms with Crippen molar-refractivity contribution in [3.8, 4) is 0 Å². The molecule has 0 aromatic carbocycles. The Labute approximate surface area is 147 Å². The van der Waals surface area contributed by atoms with Crippen LogP contribution in [0.15, 0.2) is 0 Å². The predicted octanol–water partition coefficient (Wildman–Crippen LogP) is 0.312. The van der Waals surface area contributed by atoms with Gasteiger partial charge in [-0.05, 0) is 18.8 Å². The zero-order valence-corrected chi connectivity index (χ0v) is 15.4. The van der Waals surface area contributed by atoms with Gasteiger partial charge in [-0.2, -0.15) is 0 Å². The standard InChI is InChI=1S/C16H28N2O5S/c1-11(19)24-9-8-17-13(20)6-7-18-15(22)14(21)16(2,10-23-3)12-4-5-12/h12,14,21H,4-10H2,1-3H3,(H,17,20)(H,18,22). The molecule has 2 unspecified atom stereocenters. The Morgan fingerprint density at radius 1 is 1.29 bits per heavy atom. The molecule has 1 fully saturated rings. The zero-order valence-electron chi connectivity index (χ0n) is 14.6. The number of ether oxygens (including phenoxy) is 1. The van der Waals surface area contributed by atoms with Gasteiger partial charge in [-0.15, -0.1) is 0 Å². The van der Waals surface area contributed by atoms with Gasteiger partial charge in [0.25, 0.3) is 0 Å². The molecule has 138 valence electrons. The lowest BCUT2D eigenvalue weighted by Crippen LogP contribution is -2.49. The van der Waals surface area contributed by atoms with E-state index in [0.29, 0.717) is 24.8 Å². The molecule has 0 saturated heterocycles. The van der Waals surface area contributed by atoms with Crippen molar-refractivity contribution in [3.05, 3.63) is 0 Å². The van der Waals surface area contributed by atoms with Crippen LogP contribution < -0.4 is 10.6 Å². The number of amides is 2. The maximum absolute atomic E-state index is 12.1. The lowest BCUT2D eigenvalue weighted by atomic mass is 9.79. The minimum atomic E-state index is -1.15. The second-order valence-electron chi connectivity index (χ2n) is 6.35. The van der Waals surface area contributed by atoms with Crippen LogP contribution in [0.1, 0.15) is 33.1 Å². The van der Waals surface area contributed by atoms with E-state index in [1.54, 1.807) is 7.11 Å². The molecule has 1 rings (SSSR count). The first-order valence-corrected chi connectivity index (χ1v) is 9.14. The summed E-state index contributed by atoms with van der Waals surface area (Å²) in [4.78, 5) is 34.5. The quantitative estimate of drug-likeness (QED) is 0.458. The Kier molecular flexibility index (Phi) is 8.72. The second kappa shape index (κ2) is 10.0. The van der Waals surface area contributed by atoms with Crippen LogP contribution in [0.5, 0.6) is 0 Å². The van der Waals surface area contributed by atoms with Crippen molar-refractivity contribution < 1.29 is 24.2 Å². The fourth-order valence-electron chi connectivity index (χ4n) is 2.64. The number of aliphatic hydroxyl groups is 1. The Morgan fingerprint density at radius 2 is 1.96 bits per heavy atom. The van der Waals surface area contributed by atoms with Gasteiger partial charge in [0.2, 0.25) is 11.8 Å². The molecule has 0 spiro atoms. The van der Waals surface area contributed by atoms with Gasteiger partial charge in [-0.3, -0.25) is 14.4 Å². The summed E-state index contributed by atoms with van der Waals surface area (Å²) in [6.45, 7) is 4.23. The van der Waals surface area contributed by atoms with E-state index in [1.807, 2.05) is 6.92 Å². The van der Waals surface area contributed by atoms with Crippen molar-refractivity contribution >= 4 is 28.7 Å². The molecule has 0 bridgehead atoms. The summed E-state index contributed by atoms with van der Waals surface area (Å²) in [7, 11) is 1.56. The third kappa shape index (κ3) is 6.78. The summed E-state index contributed by atoms with van der Waals surface area (Å²) in [6.07, 6.45) is 0.962. The van der Waals surface area contributed by atoms with Crippen LogP contribution in [0.3, 0.4) is 0 Å². The minimum Gasteiger partial charge on any atom is -0.384 e. The predicted molar refractivity (Wildman–Crippen MR) is 92.5 cm³/mol. The van der Waals surface area contributed by atoms with E-state index in [1.165, 1.54) is 6.92 Å². The van der Waals surface area contributed by atoms with Gasteiger partial charge in [-0.1, -0.05) is 18.7 Å². The van der Waals surface area contributed by atoms with E-state index in [2.05, 4.69) is 10.6 Å². The summed E-state index contributed by atoms with van der Waals surface area (Å²) in [5.41, 5.74) is -0.592. The molecule has 7 nitrogen and oxygen atoms in total. The molecule has 0 aromatic rings.